The van der Waals surface area contributed by atoms with Gasteiger partial charge in [0.15, 0.2) is 17.9 Å². The third-order valence-electron chi connectivity index (χ3n) is 5.07. The molecule has 1 N–H and O–H groups in total. The van der Waals surface area contributed by atoms with Crippen LogP contribution in [-0.4, -0.2) is 16.3 Å². The maximum Gasteiger partial charge on any atom is 0.185 e. The Morgan fingerprint density at radius 3 is 2.82 bits per heavy atom. The molecule has 0 radical (unpaired) electrons. The highest BCUT2D eigenvalue weighted by Gasteiger charge is 2.11. The molecular formula is C26H15ClFN3O3. The Labute approximate surface area is 199 Å². The van der Waals surface area contributed by atoms with Gasteiger partial charge in [-0.2, -0.15) is 4.39 Å². The van der Waals surface area contributed by atoms with Crippen LogP contribution < -0.4 is 10.1 Å². The van der Waals surface area contributed by atoms with Crippen molar-refractivity contribution in [1.29, 1.82) is 0 Å². The summed E-state index contributed by atoms with van der Waals surface area (Å²) in [7, 11) is 0. The molecule has 0 amide bonds. The van der Waals surface area contributed by atoms with E-state index in [-0.39, 0.29) is 12.4 Å². The van der Waals surface area contributed by atoms with Crippen LogP contribution in [0.1, 0.15) is 16.1 Å². The van der Waals surface area contributed by atoms with Crippen LogP contribution in [0.3, 0.4) is 0 Å². The van der Waals surface area contributed by atoms with Crippen LogP contribution in [0.25, 0.3) is 22.2 Å². The van der Waals surface area contributed by atoms with E-state index >= 15 is 0 Å². The minimum absolute atomic E-state index is 0.0153. The number of halogens is 2. The van der Waals surface area contributed by atoms with Crippen molar-refractivity contribution in [3.05, 3.63) is 101 Å². The van der Waals surface area contributed by atoms with Crippen molar-refractivity contribution >= 4 is 40.3 Å². The number of hydrogen-bond donors (Lipinski definition) is 1. The highest BCUT2D eigenvalue weighted by Crippen LogP contribution is 2.32. The van der Waals surface area contributed by atoms with Crippen molar-refractivity contribution in [3.8, 4) is 17.1 Å². The summed E-state index contributed by atoms with van der Waals surface area (Å²) < 4.78 is 24.9. The van der Waals surface area contributed by atoms with Crippen molar-refractivity contribution in [1.82, 2.24) is 9.97 Å². The first-order valence-electron chi connectivity index (χ1n) is 10.2. The first kappa shape index (κ1) is 21.4. The molecule has 0 aliphatic rings. The molecule has 0 aliphatic carbocycles. The van der Waals surface area contributed by atoms with Gasteiger partial charge in [-0.3, -0.25) is 4.79 Å². The van der Waals surface area contributed by atoms with Gasteiger partial charge >= 0.3 is 0 Å². The van der Waals surface area contributed by atoms with Gasteiger partial charge in [0.1, 0.15) is 30.3 Å². The second-order valence-corrected chi connectivity index (χ2v) is 7.68. The molecule has 6 nitrogen and oxygen atoms in total. The Morgan fingerprint density at radius 1 is 1.12 bits per heavy atom. The average molecular weight is 472 g/mol. The van der Waals surface area contributed by atoms with Gasteiger partial charge < -0.3 is 14.5 Å². The standard InChI is InChI=1S/C26H15ClFN3O3/c27-21-12-18(6-9-25(21)33-14-17-3-1-2-4-22(17)28)31-26-20-11-16(5-8-23(20)29-15-30-26)24-10-7-19(13-32)34-24/h1,3,5-13,15H,14H2,(H,29,30,31). The Morgan fingerprint density at radius 2 is 2.03 bits per heavy atom. The molecule has 0 saturated carbocycles. The predicted octanol–water partition coefficient (Wildman–Crippen LogP) is 6.42. The number of furan rings is 1. The third kappa shape index (κ3) is 4.40. The van der Waals surface area contributed by atoms with Gasteiger partial charge in [-0.1, -0.05) is 17.7 Å². The summed E-state index contributed by atoms with van der Waals surface area (Å²) in [6, 6.07) is 22.2. The average Bonchev–Trinajstić information content (AvgIpc) is 3.34. The summed E-state index contributed by atoms with van der Waals surface area (Å²) in [4.78, 5) is 19.6. The summed E-state index contributed by atoms with van der Waals surface area (Å²) in [6.07, 6.45) is 2.12. The molecule has 5 aromatic rings. The molecular weight excluding hydrogens is 457 g/mol. The van der Waals surface area contributed by atoms with E-state index in [2.05, 4.69) is 27.4 Å². The topological polar surface area (TPSA) is 77.2 Å². The van der Waals surface area contributed by atoms with E-state index in [1.807, 2.05) is 18.2 Å². The number of hydrogen-bond acceptors (Lipinski definition) is 6. The van der Waals surface area contributed by atoms with Crippen molar-refractivity contribution in [3.63, 3.8) is 0 Å². The molecule has 2 heterocycles. The van der Waals surface area contributed by atoms with Gasteiger partial charge in [0, 0.05) is 22.2 Å². The number of rotatable bonds is 7. The van der Waals surface area contributed by atoms with Gasteiger partial charge in [-0.05, 0) is 66.7 Å². The van der Waals surface area contributed by atoms with Crippen LogP contribution in [0.2, 0.25) is 5.02 Å². The number of nitrogens with one attached hydrogen (secondary N) is 1. The van der Waals surface area contributed by atoms with Crippen LogP contribution in [0.15, 0.2) is 71.4 Å². The number of fused-ring (bicyclic) bond motifs is 1. The molecule has 0 unspecified atom stereocenters. The van der Waals surface area contributed by atoms with E-state index < -0.39 is 5.82 Å². The maximum absolute atomic E-state index is 13.7. The maximum atomic E-state index is 13.7. The van der Waals surface area contributed by atoms with Gasteiger partial charge in [0.2, 0.25) is 0 Å². The molecule has 0 saturated heterocycles. The number of aromatic nitrogens is 2. The van der Waals surface area contributed by atoms with E-state index in [1.165, 1.54) is 6.33 Å². The van der Waals surface area contributed by atoms with Crippen molar-refractivity contribution in [2.45, 2.75) is 6.61 Å². The van der Waals surface area contributed by atoms with Gasteiger partial charge in [-0.25, -0.2) is 9.97 Å². The number of anilines is 2. The first-order valence-corrected chi connectivity index (χ1v) is 10.5. The zero-order valence-corrected chi connectivity index (χ0v) is 18.3. The molecule has 0 spiro atoms. The molecule has 2 aromatic heterocycles. The van der Waals surface area contributed by atoms with Gasteiger partial charge in [-0.15, -0.1) is 0 Å². The second kappa shape index (κ2) is 9.22. The van der Waals surface area contributed by atoms with Gasteiger partial charge in [0.25, 0.3) is 0 Å². The predicted molar refractivity (Wildman–Crippen MR) is 126 cm³/mol. The van der Waals surface area contributed by atoms with Crippen LogP contribution in [0.5, 0.6) is 5.75 Å². The minimum atomic E-state index is -0.510. The molecule has 5 rings (SSSR count). The molecule has 0 atom stereocenters. The Hall–Kier alpha value is -4.41. The van der Waals surface area contributed by atoms with E-state index in [4.69, 9.17) is 20.8 Å². The van der Waals surface area contributed by atoms with Crippen LogP contribution in [-0.2, 0) is 6.61 Å². The number of carbonyl (C=O) groups excluding carboxylic acids is 1. The van der Waals surface area contributed by atoms with Crippen LogP contribution >= 0.6 is 11.6 Å². The third-order valence-corrected chi connectivity index (χ3v) is 5.37. The molecule has 166 valence electrons. The van der Waals surface area contributed by atoms with Crippen LogP contribution in [0, 0.1) is 17.9 Å². The van der Waals surface area contributed by atoms with E-state index in [9.17, 15) is 9.18 Å². The number of aldehydes is 1. The smallest absolute Gasteiger partial charge is 0.185 e. The molecule has 0 fully saturated rings. The number of carbonyl (C=O) groups is 1. The van der Waals surface area contributed by atoms with Crippen molar-refractivity contribution in [2.75, 3.05) is 5.32 Å². The van der Waals surface area contributed by atoms with Crippen LogP contribution in [0.4, 0.5) is 15.9 Å². The lowest BCUT2D eigenvalue weighted by atomic mass is 10.1. The lowest BCUT2D eigenvalue weighted by Crippen LogP contribution is -1.99. The summed E-state index contributed by atoms with van der Waals surface area (Å²) >= 11 is 6.39. The fourth-order valence-electron chi connectivity index (χ4n) is 3.38. The van der Waals surface area contributed by atoms with Crippen molar-refractivity contribution < 1.29 is 18.3 Å². The minimum Gasteiger partial charge on any atom is -0.487 e. The van der Waals surface area contributed by atoms with Crippen molar-refractivity contribution in [2.24, 2.45) is 0 Å². The molecule has 0 aliphatic heterocycles. The molecule has 0 bridgehead atoms. The second-order valence-electron chi connectivity index (χ2n) is 7.27. The number of ether oxygens (including phenoxy) is 1. The van der Waals surface area contributed by atoms with E-state index in [1.54, 1.807) is 42.5 Å². The SMILES string of the molecule is O=Cc1ccc(-c2ccc3ncnc(Nc4ccc(OCc5ccc#cc5F)c(Cl)c4)c3c2)o1. The summed E-state index contributed by atoms with van der Waals surface area (Å²) in [6.45, 7) is 0.0153. The first-order chi connectivity index (χ1) is 16.6. The van der Waals surface area contributed by atoms with E-state index in [0.29, 0.717) is 39.9 Å². The molecule has 3 aromatic carbocycles. The lowest BCUT2D eigenvalue weighted by molar-refractivity contribution is 0.110. The lowest BCUT2D eigenvalue weighted by Gasteiger charge is -2.12. The number of nitrogens with zero attached hydrogens (tertiary/aromatic N) is 2. The summed E-state index contributed by atoms with van der Waals surface area (Å²) in [5.41, 5.74) is 2.55. The zero-order chi connectivity index (χ0) is 23.5. The Kier molecular flexibility index (Phi) is 5.81. The summed E-state index contributed by atoms with van der Waals surface area (Å²) in [5, 5.41) is 4.36. The fourth-order valence-corrected chi connectivity index (χ4v) is 3.62. The molecule has 8 heteroatoms. The summed E-state index contributed by atoms with van der Waals surface area (Å²) in [5.74, 6) is 1.29. The zero-order valence-electron chi connectivity index (χ0n) is 17.5. The Bertz CT molecular complexity index is 1500. The Balaban J connectivity index is 1.39. The normalized spacial score (nSPS) is 10.6. The highest BCUT2D eigenvalue weighted by molar-refractivity contribution is 6.32. The number of benzene rings is 2. The van der Waals surface area contributed by atoms with Gasteiger partial charge in [0.05, 0.1) is 10.5 Å². The largest absolute Gasteiger partial charge is 0.487 e. The van der Waals surface area contributed by atoms with E-state index in [0.717, 1.165) is 16.5 Å². The monoisotopic (exact) mass is 471 g/mol. The fraction of sp³-hybridized carbons (Fsp3) is 0.0385. The quantitative estimate of drug-likeness (QED) is 0.276. The molecule has 34 heavy (non-hydrogen) atoms. The highest BCUT2D eigenvalue weighted by atomic mass is 35.5.